The number of ether oxygens (including phenoxy) is 1. The summed E-state index contributed by atoms with van der Waals surface area (Å²) in [7, 11) is 0. The molecular formula is C19H20N6O2S. The lowest BCUT2D eigenvalue weighted by Crippen LogP contribution is -2.20. The summed E-state index contributed by atoms with van der Waals surface area (Å²) >= 11 is 1.45. The number of carbonyl (C=O) groups excluding carboxylic acids is 1. The van der Waals surface area contributed by atoms with E-state index < -0.39 is 6.03 Å². The van der Waals surface area contributed by atoms with Crippen LogP contribution in [0.25, 0.3) is 10.6 Å². The number of carbonyl (C=O) groups is 1. The van der Waals surface area contributed by atoms with Gasteiger partial charge < -0.3 is 10.1 Å². The summed E-state index contributed by atoms with van der Waals surface area (Å²) < 4.78 is 5.74. The molecule has 0 radical (unpaired) electrons. The van der Waals surface area contributed by atoms with Crippen LogP contribution in [0.1, 0.15) is 6.42 Å². The maximum absolute atomic E-state index is 12.2. The van der Waals surface area contributed by atoms with Crippen molar-refractivity contribution < 1.29 is 9.53 Å². The van der Waals surface area contributed by atoms with Crippen LogP contribution in [0.4, 0.5) is 16.4 Å². The molecule has 4 heterocycles. The van der Waals surface area contributed by atoms with E-state index in [4.69, 9.17) is 4.74 Å². The predicted molar refractivity (Wildman–Crippen MR) is 109 cm³/mol. The number of amides is 2. The minimum atomic E-state index is -0.406. The number of anilines is 2. The number of rotatable bonds is 6. The summed E-state index contributed by atoms with van der Waals surface area (Å²) in [6.45, 7) is 2.62. The molecule has 1 aliphatic heterocycles. The average molecular weight is 396 g/mol. The Hall–Kier alpha value is -3.04. The Kier molecular flexibility index (Phi) is 5.74. The van der Waals surface area contributed by atoms with Gasteiger partial charge in [-0.1, -0.05) is 6.07 Å². The van der Waals surface area contributed by atoms with Gasteiger partial charge in [-0.25, -0.2) is 9.78 Å². The van der Waals surface area contributed by atoms with Gasteiger partial charge in [-0.2, -0.15) is 4.98 Å². The molecule has 0 saturated carbocycles. The normalized spacial score (nSPS) is 15.9. The number of aromatic nitrogens is 3. The molecule has 28 heavy (non-hydrogen) atoms. The highest BCUT2D eigenvalue weighted by Crippen LogP contribution is 2.25. The zero-order chi connectivity index (χ0) is 19.2. The van der Waals surface area contributed by atoms with Gasteiger partial charge in [0.25, 0.3) is 0 Å². The zero-order valence-corrected chi connectivity index (χ0v) is 15.9. The van der Waals surface area contributed by atoms with Crippen molar-refractivity contribution in [3.8, 4) is 16.5 Å². The van der Waals surface area contributed by atoms with Crippen molar-refractivity contribution in [2.45, 2.75) is 6.42 Å². The smallest absolute Gasteiger partial charge is 0.326 e. The Morgan fingerprint density at radius 3 is 2.86 bits per heavy atom. The van der Waals surface area contributed by atoms with E-state index in [1.54, 1.807) is 36.0 Å². The van der Waals surface area contributed by atoms with Crippen LogP contribution in [-0.2, 0) is 0 Å². The fourth-order valence-electron chi connectivity index (χ4n) is 2.85. The number of pyridine rings is 2. The highest BCUT2D eigenvalue weighted by molar-refractivity contribution is 7.13. The molecule has 1 unspecified atom stereocenters. The number of hydrogen-bond donors (Lipinski definition) is 3. The molecular weight excluding hydrogens is 376 g/mol. The van der Waals surface area contributed by atoms with Crippen molar-refractivity contribution in [1.82, 2.24) is 20.3 Å². The molecule has 9 heteroatoms. The van der Waals surface area contributed by atoms with Crippen LogP contribution in [0.5, 0.6) is 5.88 Å². The molecule has 0 aliphatic carbocycles. The Labute approximate surface area is 166 Å². The SMILES string of the molecule is O=C(Nc1cccc(OCC2CCNC2)n1)Nc1csc(-c2ccncc2)n1. The quantitative estimate of drug-likeness (QED) is 0.591. The number of urea groups is 1. The summed E-state index contributed by atoms with van der Waals surface area (Å²) in [6, 6.07) is 8.64. The zero-order valence-electron chi connectivity index (χ0n) is 15.1. The van der Waals surface area contributed by atoms with Gasteiger partial charge in [0.1, 0.15) is 16.6 Å². The van der Waals surface area contributed by atoms with Crippen molar-refractivity contribution in [1.29, 1.82) is 0 Å². The van der Waals surface area contributed by atoms with E-state index in [2.05, 4.69) is 30.9 Å². The van der Waals surface area contributed by atoms with E-state index in [0.29, 0.717) is 30.0 Å². The van der Waals surface area contributed by atoms with Gasteiger partial charge in [-0.15, -0.1) is 11.3 Å². The number of thiazole rings is 1. The maximum atomic E-state index is 12.2. The number of nitrogens with one attached hydrogen (secondary N) is 3. The van der Waals surface area contributed by atoms with Crippen molar-refractivity contribution in [2.75, 3.05) is 30.3 Å². The number of hydrogen-bond acceptors (Lipinski definition) is 7. The van der Waals surface area contributed by atoms with E-state index in [0.717, 1.165) is 30.1 Å². The standard InChI is InChI=1S/C19H20N6O2S/c26-19(25-16-12-28-18(23-16)14-5-8-20-9-6-14)24-15-2-1-3-17(22-15)27-11-13-4-7-21-10-13/h1-3,5-6,8-9,12-13,21H,4,7,10-11H2,(H2,22,24,25,26). The lowest BCUT2D eigenvalue weighted by Gasteiger charge is -2.11. The molecule has 3 aromatic rings. The van der Waals surface area contributed by atoms with Crippen LogP contribution < -0.4 is 20.7 Å². The van der Waals surface area contributed by atoms with Crippen LogP contribution in [-0.4, -0.2) is 40.7 Å². The van der Waals surface area contributed by atoms with Crippen LogP contribution in [0, 0.1) is 5.92 Å². The van der Waals surface area contributed by atoms with Crippen LogP contribution in [0.15, 0.2) is 48.1 Å². The fourth-order valence-corrected chi connectivity index (χ4v) is 3.60. The molecule has 4 rings (SSSR count). The molecule has 0 spiro atoms. The first-order valence-electron chi connectivity index (χ1n) is 9.01. The van der Waals surface area contributed by atoms with Gasteiger partial charge in [0, 0.05) is 41.9 Å². The summed E-state index contributed by atoms with van der Waals surface area (Å²) in [5.74, 6) is 1.90. The molecule has 0 aromatic carbocycles. The van der Waals surface area contributed by atoms with E-state index in [1.165, 1.54) is 11.3 Å². The molecule has 144 valence electrons. The Bertz CT molecular complexity index is 927. The van der Waals surface area contributed by atoms with Crippen molar-refractivity contribution in [3.05, 3.63) is 48.1 Å². The molecule has 1 fully saturated rings. The Balaban J connectivity index is 1.32. The van der Waals surface area contributed by atoms with Gasteiger partial charge >= 0.3 is 6.03 Å². The van der Waals surface area contributed by atoms with E-state index in [9.17, 15) is 4.79 Å². The Morgan fingerprint density at radius 2 is 2.04 bits per heavy atom. The second-order valence-electron chi connectivity index (χ2n) is 6.38. The summed E-state index contributed by atoms with van der Waals surface area (Å²) in [4.78, 5) is 25.0. The van der Waals surface area contributed by atoms with E-state index in [-0.39, 0.29) is 0 Å². The highest BCUT2D eigenvalue weighted by atomic mass is 32.1. The molecule has 1 atom stereocenters. The minimum absolute atomic E-state index is 0.406. The molecule has 3 aromatic heterocycles. The van der Waals surface area contributed by atoms with Crippen molar-refractivity contribution in [3.63, 3.8) is 0 Å². The largest absolute Gasteiger partial charge is 0.477 e. The monoisotopic (exact) mass is 396 g/mol. The molecule has 8 nitrogen and oxygen atoms in total. The molecule has 2 amide bonds. The Morgan fingerprint density at radius 1 is 1.18 bits per heavy atom. The molecule has 1 saturated heterocycles. The second kappa shape index (κ2) is 8.77. The topological polar surface area (TPSA) is 101 Å². The van der Waals surface area contributed by atoms with Gasteiger partial charge in [0.2, 0.25) is 5.88 Å². The first-order chi connectivity index (χ1) is 13.8. The average Bonchev–Trinajstić information content (AvgIpc) is 3.39. The van der Waals surface area contributed by atoms with Gasteiger partial charge in [0.15, 0.2) is 0 Å². The maximum Gasteiger partial charge on any atom is 0.326 e. The summed E-state index contributed by atoms with van der Waals surface area (Å²) in [6.07, 6.45) is 4.52. The first-order valence-corrected chi connectivity index (χ1v) is 9.89. The predicted octanol–water partition coefficient (Wildman–Crippen LogP) is 3.23. The van der Waals surface area contributed by atoms with Crippen molar-refractivity contribution >= 4 is 29.0 Å². The minimum Gasteiger partial charge on any atom is -0.477 e. The number of nitrogens with zero attached hydrogens (tertiary/aromatic N) is 3. The fraction of sp³-hybridized carbons (Fsp3) is 0.263. The lowest BCUT2D eigenvalue weighted by molar-refractivity contribution is 0.251. The molecule has 0 bridgehead atoms. The third-order valence-electron chi connectivity index (χ3n) is 4.27. The summed E-state index contributed by atoms with van der Waals surface area (Å²) in [5, 5.41) is 11.3. The molecule has 3 N–H and O–H groups in total. The highest BCUT2D eigenvalue weighted by Gasteiger charge is 2.15. The summed E-state index contributed by atoms with van der Waals surface area (Å²) in [5.41, 5.74) is 0.956. The molecule has 1 aliphatic rings. The van der Waals surface area contributed by atoms with Gasteiger partial charge in [-0.05, 0) is 31.2 Å². The van der Waals surface area contributed by atoms with Crippen molar-refractivity contribution in [2.24, 2.45) is 5.92 Å². The van der Waals surface area contributed by atoms with Gasteiger partial charge in [-0.3, -0.25) is 15.6 Å². The first kappa shape index (κ1) is 18.3. The van der Waals surface area contributed by atoms with Crippen LogP contribution in [0.3, 0.4) is 0 Å². The lowest BCUT2D eigenvalue weighted by atomic mass is 10.1. The van der Waals surface area contributed by atoms with E-state index in [1.807, 2.05) is 12.1 Å². The third-order valence-corrected chi connectivity index (χ3v) is 5.16. The van der Waals surface area contributed by atoms with Crippen LogP contribution >= 0.6 is 11.3 Å². The second-order valence-corrected chi connectivity index (χ2v) is 7.24. The van der Waals surface area contributed by atoms with E-state index >= 15 is 0 Å². The van der Waals surface area contributed by atoms with Crippen LogP contribution in [0.2, 0.25) is 0 Å². The third kappa shape index (κ3) is 4.81. The van der Waals surface area contributed by atoms with Gasteiger partial charge in [0.05, 0.1) is 6.61 Å².